The second-order valence-corrected chi connectivity index (χ2v) is 5.07. The maximum atomic E-state index is 5.61. The van der Waals surface area contributed by atoms with E-state index >= 15 is 0 Å². The van der Waals surface area contributed by atoms with Crippen LogP contribution in [0.1, 0.15) is 36.2 Å². The first kappa shape index (κ1) is 10.8. The Hall–Kier alpha value is -1.35. The molecule has 0 amide bonds. The Morgan fingerprint density at radius 1 is 1.35 bits per heavy atom. The summed E-state index contributed by atoms with van der Waals surface area (Å²) in [5, 5.41) is 0. The summed E-state index contributed by atoms with van der Waals surface area (Å²) in [7, 11) is 0. The molecule has 1 N–H and O–H groups in total. The number of fused-ring (bicyclic) bond motifs is 1. The van der Waals surface area contributed by atoms with Gasteiger partial charge < -0.3 is 9.72 Å². The zero-order chi connectivity index (χ0) is 12.0. The van der Waals surface area contributed by atoms with Gasteiger partial charge in [-0.3, -0.25) is 0 Å². The van der Waals surface area contributed by atoms with Crippen LogP contribution in [0.2, 0.25) is 0 Å². The Bertz CT molecular complexity index is 559. The van der Waals surface area contributed by atoms with E-state index in [2.05, 4.69) is 37.9 Å². The fraction of sp³-hybridized carbons (Fsp3) is 0.500. The molecule has 90 valence electrons. The third kappa shape index (κ3) is 1.75. The van der Waals surface area contributed by atoms with E-state index in [9.17, 15) is 0 Å². The Morgan fingerprint density at radius 2 is 2.18 bits per heavy atom. The summed E-state index contributed by atoms with van der Waals surface area (Å²) in [5.41, 5.74) is 4.77. The van der Waals surface area contributed by atoms with Crippen LogP contribution >= 0.6 is 0 Å². The molecule has 3 heteroatoms. The summed E-state index contributed by atoms with van der Waals surface area (Å²) in [4.78, 5) is 8.21. The van der Waals surface area contributed by atoms with Crippen LogP contribution in [0.25, 0.3) is 11.0 Å². The molecule has 0 bridgehead atoms. The van der Waals surface area contributed by atoms with Crippen LogP contribution in [0, 0.1) is 13.8 Å². The highest BCUT2D eigenvalue weighted by Gasteiger charge is 2.28. The second-order valence-electron chi connectivity index (χ2n) is 5.07. The third-order valence-electron chi connectivity index (χ3n) is 3.67. The monoisotopic (exact) mass is 230 g/mol. The third-order valence-corrected chi connectivity index (χ3v) is 3.67. The van der Waals surface area contributed by atoms with Crippen molar-refractivity contribution in [3.05, 3.63) is 29.1 Å². The molecule has 2 unspecified atom stereocenters. The topological polar surface area (TPSA) is 37.9 Å². The number of imidazole rings is 1. The van der Waals surface area contributed by atoms with Crippen LogP contribution in [0.3, 0.4) is 0 Å². The lowest BCUT2D eigenvalue weighted by molar-refractivity contribution is 0.117. The van der Waals surface area contributed by atoms with Crippen molar-refractivity contribution < 1.29 is 4.74 Å². The highest BCUT2D eigenvalue weighted by atomic mass is 16.5. The first-order valence-corrected chi connectivity index (χ1v) is 6.23. The molecule has 0 radical (unpaired) electrons. The molecule has 1 aromatic carbocycles. The van der Waals surface area contributed by atoms with Gasteiger partial charge in [-0.05, 0) is 44.4 Å². The Balaban J connectivity index is 2.10. The van der Waals surface area contributed by atoms with Crippen molar-refractivity contribution in [2.45, 2.75) is 39.2 Å². The molecule has 2 aromatic rings. The van der Waals surface area contributed by atoms with Crippen LogP contribution < -0.4 is 0 Å². The van der Waals surface area contributed by atoms with E-state index in [1.807, 2.05) is 0 Å². The highest BCUT2D eigenvalue weighted by Crippen LogP contribution is 2.31. The number of aromatic amines is 1. The largest absolute Gasteiger partial charge is 0.378 e. The van der Waals surface area contributed by atoms with Crippen molar-refractivity contribution in [3.63, 3.8) is 0 Å². The van der Waals surface area contributed by atoms with E-state index in [0.29, 0.717) is 5.92 Å². The van der Waals surface area contributed by atoms with Crippen LogP contribution in [0.5, 0.6) is 0 Å². The lowest BCUT2D eigenvalue weighted by atomic mass is 10.0. The predicted molar refractivity (Wildman–Crippen MR) is 68.3 cm³/mol. The summed E-state index contributed by atoms with van der Waals surface area (Å²) < 4.78 is 5.61. The molecule has 3 nitrogen and oxygen atoms in total. The molecule has 3 rings (SSSR count). The molecular weight excluding hydrogens is 212 g/mol. The van der Waals surface area contributed by atoms with Crippen molar-refractivity contribution in [1.82, 2.24) is 9.97 Å². The van der Waals surface area contributed by atoms with E-state index < -0.39 is 0 Å². The molecule has 0 spiro atoms. The number of H-pyrrole nitrogens is 1. The molecular formula is C14H18N2O. The van der Waals surface area contributed by atoms with Crippen LogP contribution in [0.4, 0.5) is 0 Å². The Labute approximate surface area is 101 Å². The van der Waals surface area contributed by atoms with Gasteiger partial charge in [0.2, 0.25) is 0 Å². The molecule has 1 aliphatic rings. The number of benzene rings is 1. The summed E-state index contributed by atoms with van der Waals surface area (Å²) in [6.45, 7) is 7.21. The molecule has 2 heterocycles. The molecule has 0 saturated carbocycles. The second kappa shape index (κ2) is 3.84. The van der Waals surface area contributed by atoms with E-state index in [0.717, 1.165) is 29.9 Å². The summed E-state index contributed by atoms with van der Waals surface area (Å²) in [6.07, 6.45) is 1.34. The lowest BCUT2D eigenvalue weighted by Gasteiger charge is -2.10. The number of nitrogens with zero attached hydrogens (tertiary/aromatic N) is 1. The maximum Gasteiger partial charge on any atom is 0.113 e. The lowest BCUT2D eigenvalue weighted by Crippen LogP contribution is -2.10. The molecule has 1 saturated heterocycles. The van der Waals surface area contributed by atoms with Crippen molar-refractivity contribution in [1.29, 1.82) is 0 Å². The van der Waals surface area contributed by atoms with Gasteiger partial charge in [0.25, 0.3) is 0 Å². The van der Waals surface area contributed by atoms with Crippen molar-refractivity contribution >= 4 is 11.0 Å². The minimum Gasteiger partial charge on any atom is -0.378 e. The number of hydrogen-bond donors (Lipinski definition) is 1. The van der Waals surface area contributed by atoms with Gasteiger partial charge in [-0.2, -0.15) is 0 Å². The van der Waals surface area contributed by atoms with E-state index in [1.54, 1.807) is 0 Å². The number of aromatic nitrogens is 2. The molecule has 17 heavy (non-hydrogen) atoms. The molecule has 1 aromatic heterocycles. The molecule has 0 aliphatic carbocycles. The molecule has 1 aliphatic heterocycles. The predicted octanol–water partition coefficient (Wildman–Crippen LogP) is 3.07. The number of ether oxygens (including phenoxy) is 1. The first-order chi connectivity index (χ1) is 8.15. The van der Waals surface area contributed by atoms with Crippen molar-refractivity contribution in [2.75, 3.05) is 6.61 Å². The van der Waals surface area contributed by atoms with E-state index in [-0.39, 0.29) is 6.10 Å². The average Bonchev–Trinajstić information content (AvgIpc) is 2.83. The van der Waals surface area contributed by atoms with Gasteiger partial charge in [0, 0.05) is 12.5 Å². The zero-order valence-electron chi connectivity index (χ0n) is 10.6. The number of hydrogen-bond acceptors (Lipinski definition) is 2. The smallest absolute Gasteiger partial charge is 0.113 e. The summed E-state index contributed by atoms with van der Waals surface area (Å²) in [6, 6.07) is 4.35. The van der Waals surface area contributed by atoms with Gasteiger partial charge in [-0.15, -0.1) is 0 Å². The minimum atomic E-state index is 0.275. The normalized spacial score (nSPS) is 24.6. The van der Waals surface area contributed by atoms with Gasteiger partial charge >= 0.3 is 0 Å². The van der Waals surface area contributed by atoms with Gasteiger partial charge in [-0.25, -0.2) is 4.98 Å². The maximum absolute atomic E-state index is 5.61. The van der Waals surface area contributed by atoms with Crippen molar-refractivity contribution in [2.24, 2.45) is 0 Å². The molecule has 2 atom stereocenters. The average molecular weight is 230 g/mol. The highest BCUT2D eigenvalue weighted by molar-refractivity contribution is 5.79. The number of aryl methyl sites for hydroxylation is 2. The minimum absolute atomic E-state index is 0.275. The fourth-order valence-electron chi connectivity index (χ4n) is 2.76. The Kier molecular flexibility index (Phi) is 2.44. The van der Waals surface area contributed by atoms with Gasteiger partial charge in [0.05, 0.1) is 17.1 Å². The van der Waals surface area contributed by atoms with Crippen LogP contribution in [-0.4, -0.2) is 22.7 Å². The van der Waals surface area contributed by atoms with Gasteiger partial charge in [0.15, 0.2) is 0 Å². The first-order valence-electron chi connectivity index (χ1n) is 6.23. The Morgan fingerprint density at radius 3 is 2.88 bits per heavy atom. The van der Waals surface area contributed by atoms with Gasteiger partial charge in [0.1, 0.15) is 5.82 Å². The van der Waals surface area contributed by atoms with Crippen molar-refractivity contribution in [3.8, 4) is 0 Å². The van der Waals surface area contributed by atoms with Crippen LogP contribution in [0.15, 0.2) is 12.1 Å². The van der Waals surface area contributed by atoms with E-state index in [4.69, 9.17) is 9.72 Å². The fourth-order valence-corrected chi connectivity index (χ4v) is 2.76. The number of nitrogens with one attached hydrogen (secondary N) is 1. The zero-order valence-corrected chi connectivity index (χ0v) is 10.6. The standard InChI is InChI=1S/C14H18N2O/c1-8-6-9(2)13-12(7-8)15-14(16-13)11-4-5-17-10(11)3/h6-7,10-11H,4-5H2,1-3H3,(H,15,16). The summed E-state index contributed by atoms with van der Waals surface area (Å²) >= 11 is 0. The van der Waals surface area contributed by atoms with Gasteiger partial charge in [-0.1, -0.05) is 6.07 Å². The number of rotatable bonds is 1. The quantitative estimate of drug-likeness (QED) is 0.817. The SMILES string of the molecule is Cc1cc(C)c2nc(C3CCOC3C)[nH]c2c1. The van der Waals surface area contributed by atoms with E-state index in [1.165, 1.54) is 11.1 Å². The van der Waals surface area contributed by atoms with Crippen LogP contribution in [-0.2, 0) is 4.74 Å². The summed E-state index contributed by atoms with van der Waals surface area (Å²) in [5.74, 6) is 1.50. The molecule has 1 fully saturated rings.